The van der Waals surface area contributed by atoms with E-state index in [0.717, 1.165) is 33.7 Å². The lowest BCUT2D eigenvalue weighted by Crippen LogP contribution is -1.93. The third-order valence-electron chi connectivity index (χ3n) is 4.25. The summed E-state index contributed by atoms with van der Waals surface area (Å²) in [5, 5.41) is 20.7. The number of fused-ring (bicyclic) bond motifs is 2. The number of nitrogens with zero attached hydrogens (tertiary/aromatic N) is 4. The number of aromatic nitrogens is 4. The highest BCUT2D eigenvalue weighted by Gasteiger charge is 2.16. The molecule has 7 heteroatoms. The van der Waals surface area contributed by atoms with Gasteiger partial charge in [-0.15, -0.1) is 5.10 Å². The Kier molecular flexibility index (Phi) is 2.79. The highest BCUT2D eigenvalue weighted by atomic mass is 16.7. The Balaban J connectivity index is 1.67. The second-order valence-electron chi connectivity index (χ2n) is 5.63. The van der Waals surface area contributed by atoms with Crippen LogP contribution < -0.4 is 9.47 Å². The molecule has 0 fully saturated rings. The first-order valence-electron chi connectivity index (χ1n) is 7.66. The number of benzene rings is 2. The molecule has 25 heavy (non-hydrogen) atoms. The fraction of sp³-hybridized carbons (Fsp3) is 0.0556. The molecule has 0 aliphatic carbocycles. The van der Waals surface area contributed by atoms with Gasteiger partial charge in [0.15, 0.2) is 17.2 Å². The van der Waals surface area contributed by atoms with Crippen molar-refractivity contribution >= 4 is 10.9 Å². The van der Waals surface area contributed by atoms with Gasteiger partial charge in [0.1, 0.15) is 11.8 Å². The first-order chi connectivity index (χ1) is 12.3. The Morgan fingerprint density at radius 3 is 2.88 bits per heavy atom. The van der Waals surface area contributed by atoms with Crippen molar-refractivity contribution in [2.45, 2.75) is 0 Å². The zero-order chi connectivity index (χ0) is 16.8. The van der Waals surface area contributed by atoms with Gasteiger partial charge in [-0.05, 0) is 29.7 Å². The highest BCUT2D eigenvalue weighted by molar-refractivity contribution is 5.87. The standard InChI is InChI=1S/C18H11N5O2/c19-9-14-18(21-22-20-14)12-2-1-11-5-6-23(15(11)7-12)13-3-4-16-17(8-13)25-10-24-16/h1-8H,10H2,(H,20,21,22). The average molecular weight is 329 g/mol. The molecule has 0 spiro atoms. The summed E-state index contributed by atoms with van der Waals surface area (Å²) in [6, 6.07) is 15.9. The maximum Gasteiger partial charge on any atom is 0.231 e. The van der Waals surface area contributed by atoms with Crippen molar-refractivity contribution in [1.82, 2.24) is 20.0 Å². The minimum atomic E-state index is 0.248. The molecule has 2 aromatic carbocycles. The predicted octanol–water partition coefficient (Wildman–Crippen LogP) is 3.02. The van der Waals surface area contributed by atoms with E-state index in [4.69, 9.17) is 14.7 Å². The van der Waals surface area contributed by atoms with Crippen molar-refractivity contribution in [2.24, 2.45) is 0 Å². The summed E-state index contributed by atoms with van der Waals surface area (Å²) in [6.07, 6.45) is 2.00. The number of hydrogen-bond donors (Lipinski definition) is 1. The fourth-order valence-electron chi connectivity index (χ4n) is 3.05. The molecular formula is C18H11N5O2. The summed E-state index contributed by atoms with van der Waals surface area (Å²) >= 11 is 0. The van der Waals surface area contributed by atoms with Crippen LogP contribution in [0, 0.1) is 11.3 Å². The van der Waals surface area contributed by atoms with Crippen LogP contribution in [0.3, 0.4) is 0 Å². The smallest absolute Gasteiger partial charge is 0.231 e. The van der Waals surface area contributed by atoms with Crippen LogP contribution in [0.1, 0.15) is 5.69 Å². The topological polar surface area (TPSA) is 88.8 Å². The number of rotatable bonds is 2. The van der Waals surface area contributed by atoms with Crippen molar-refractivity contribution in [2.75, 3.05) is 6.79 Å². The highest BCUT2D eigenvalue weighted by Crippen LogP contribution is 2.35. The lowest BCUT2D eigenvalue weighted by molar-refractivity contribution is 0.174. The Morgan fingerprint density at radius 2 is 1.96 bits per heavy atom. The monoisotopic (exact) mass is 329 g/mol. The molecule has 4 aromatic rings. The fourth-order valence-corrected chi connectivity index (χ4v) is 3.05. The first-order valence-corrected chi connectivity index (χ1v) is 7.66. The molecular weight excluding hydrogens is 318 g/mol. The maximum atomic E-state index is 9.16. The van der Waals surface area contributed by atoms with Crippen molar-refractivity contribution in [3.63, 3.8) is 0 Å². The van der Waals surface area contributed by atoms with Crippen LogP contribution in [0.15, 0.2) is 48.7 Å². The third kappa shape index (κ3) is 2.05. The molecule has 0 unspecified atom stereocenters. The summed E-state index contributed by atoms with van der Waals surface area (Å²) in [7, 11) is 0. The molecule has 7 nitrogen and oxygen atoms in total. The summed E-state index contributed by atoms with van der Waals surface area (Å²) in [6.45, 7) is 0.248. The van der Waals surface area contributed by atoms with Gasteiger partial charge in [0.2, 0.25) is 6.79 Å². The quantitative estimate of drug-likeness (QED) is 0.610. The van der Waals surface area contributed by atoms with E-state index in [-0.39, 0.29) is 12.5 Å². The number of nitriles is 1. The van der Waals surface area contributed by atoms with Crippen LogP contribution in [0.5, 0.6) is 11.5 Å². The molecule has 120 valence electrons. The van der Waals surface area contributed by atoms with Gasteiger partial charge in [-0.25, -0.2) is 0 Å². The molecule has 0 radical (unpaired) electrons. The van der Waals surface area contributed by atoms with Crippen LogP contribution in [-0.4, -0.2) is 26.8 Å². The van der Waals surface area contributed by atoms with Gasteiger partial charge in [0.05, 0.1) is 5.52 Å². The second kappa shape index (κ2) is 5.11. The first kappa shape index (κ1) is 13.6. The number of nitrogens with one attached hydrogen (secondary N) is 1. The molecule has 1 N–H and O–H groups in total. The van der Waals surface area contributed by atoms with Crippen LogP contribution in [0.2, 0.25) is 0 Å². The molecule has 0 saturated heterocycles. The molecule has 0 bridgehead atoms. The summed E-state index contributed by atoms with van der Waals surface area (Å²) in [5.41, 5.74) is 3.63. The molecule has 0 atom stereocenters. The van der Waals surface area contributed by atoms with Crippen molar-refractivity contribution in [3.8, 4) is 34.5 Å². The van der Waals surface area contributed by atoms with Gasteiger partial charge in [0, 0.05) is 23.5 Å². The number of ether oxygens (including phenoxy) is 2. The van der Waals surface area contributed by atoms with E-state index in [1.807, 2.05) is 54.7 Å². The minimum absolute atomic E-state index is 0.248. The lowest BCUT2D eigenvalue weighted by atomic mass is 10.1. The minimum Gasteiger partial charge on any atom is -0.454 e. The van der Waals surface area contributed by atoms with Crippen LogP contribution in [0.25, 0.3) is 27.8 Å². The van der Waals surface area contributed by atoms with Crippen molar-refractivity contribution in [3.05, 3.63) is 54.4 Å². The van der Waals surface area contributed by atoms with Gasteiger partial charge in [-0.2, -0.15) is 15.6 Å². The molecule has 1 aliphatic heterocycles. The van der Waals surface area contributed by atoms with Crippen molar-refractivity contribution in [1.29, 1.82) is 5.26 Å². The SMILES string of the molecule is N#Cc1n[nH]nc1-c1ccc2ccn(-c3ccc4c(c3)OCO4)c2c1. The zero-order valence-electron chi connectivity index (χ0n) is 12.9. The molecule has 2 aromatic heterocycles. The van der Waals surface area contributed by atoms with E-state index in [1.54, 1.807) is 0 Å². The van der Waals surface area contributed by atoms with Crippen LogP contribution >= 0.6 is 0 Å². The molecule has 0 amide bonds. The zero-order valence-corrected chi connectivity index (χ0v) is 12.9. The Hall–Kier alpha value is -3.79. The maximum absolute atomic E-state index is 9.16. The molecule has 0 saturated carbocycles. The van der Waals surface area contributed by atoms with Gasteiger partial charge in [-0.3, -0.25) is 0 Å². The number of H-pyrrole nitrogens is 1. The molecule has 3 heterocycles. The Bertz CT molecular complexity index is 1150. The van der Waals surface area contributed by atoms with Gasteiger partial charge in [-0.1, -0.05) is 12.1 Å². The van der Waals surface area contributed by atoms with E-state index >= 15 is 0 Å². The summed E-state index contributed by atoms with van der Waals surface area (Å²) < 4.78 is 12.9. The van der Waals surface area contributed by atoms with Crippen LogP contribution in [-0.2, 0) is 0 Å². The lowest BCUT2D eigenvalue weighted by Gasteiger charge is -2.07. The largest absolute Gasteiger partial charge is 0.454 e. The summed E-state index contributed by atoms with van der Waals surface area (Å²) in [5.74, 6) is 1.49. The van der Waals surface area contributed by atoms with E-state index in [9.17, 15) is 0 Å². The van der Waals surface area contributed by atoms with E-state index < -0.39 is 0 Å². The Morgan fingerprint density at radius 1 is 1.04 bits per heavy atom. The van der Waals surface area contributed by atoms with Gasteiger partial charge < -0.3 is 14.0 Å². The predicted molar refractivity (Wildman–Crippen MR) is 89.5 cm³/mol. The third-order valence-corrected chi connectivity index (χ3v) is 4.25. The summed E-state index contributed by atoms with van der Waals surface area (Å²) in [4.78, 5) is 0. The number of hydrogen-bond acceptors (Lipinski definition) is 5. The normalized spacial score (nSPS) is 12.4. The van der Waals surface area contributed by atoms with E-state index in [1.165, 1.54) is 0 Å². The molecule has 5 rings (SSSR count). The number of aromatic amines is 1. The second-order valence-corrected chi connectivity index (χ2v) is 5.63. The van der Waals surface area contributed by atoms with E-state index in [2.05, 4.69) is 20.0 Å². The molecule has 1 aliphatic rings. The Labute approximate surface area is 142 Å². The van der Waals surface area contributed by atoms with Crippen molar-refractivity contribution < 1.29 is 9.47 Å². The van der Waals surface area contributed by atoms with Crippen LogP contribution in [0.4, 0.5) is 0 Å². The van der Waals surface area contributed by atoms with E-state index in [0.29, 0.717) is 5.69 Å². The van der Waals surface area contributed by atoms with Gasteiger partial charge >= 0.3 is 0 Å². The average Bonchev–Trinajstić information content (AvgIpc) is 3.38. The van der Waals surface area contributed by atoms with Gasteiger partial charge in [0.25, 0.3) is 0 Å².